The van der Waals surface area contributed by atoms with Crippen molar-refractivity contribution in [3.63, 3.8) is 0 Å². The van der Waals surface area contributed by atoms with Gasteiger partial charge < -0.3 is 5.32 Å². The van der Waals surface area contributed by atoms with Crippen molar-refractivity contribution in [2.24, 2.45) is 0 Å². The summed E-state index contributed by atoms with van der Waals surface area (Å²) in [4.78, 5) is 23.7. The van der Waals surface area contributed by atoms with Crippen molar-refractivity contribution < 1.29 is 22.6 Å². The van der Waals surface area contributed by atoms with Gasteiger partial charge in [-0.15, -0.1) is 0 Å². The van der Waals surface area contributed by atoms with Crippen molar-refractivity contribution in [2.45, 2.75) is 20.4 Å². The zero-order valence-corrected chi connectivity index (χ0v) is 16.3. The largest absolute Gasteiger partial charge is 0.321 e. The van der Waals surface area contributed by atoms with Crippen molar-refractivity contribution in [1.29, 1.82) is 0 Å². The Morgan fingerprint density at radius 1 is 1.11 bits per heavy atom. The number of nitrogens with zero attached hydrogens (tertiary/aromatic N) is 1. The molecule has 9 heteroatoms. The summed E-state index contributed by atoms with van der Waals surface area (Å²) in [5.74, 6) is -1.40. The van der Waals surface area contributed by atoms with Crippen LogP contribution in [0.5, 0.6) is 0 Å². The number of hydrogen-bond acceptors (Lipinski definition) is 5. The van der Waals surface area contributed by atoms with E-state index in [1.807, 2.05) is 31.5 Å². The summed E-state index contributed by atoms with van der Waals surface area (Å²) in [5, 5.41) is 2.82. The lowest BCUT2D eigenvalue weighted by Crippen LogP contribution is -2.39. The second kappa shape index (κ2) is 8.63. The van der Waals surface area contributed by atoms with Gasteiger partial charge in [0.1, 0.15) is 5.75 Å². The average molecular weight is 391 g/mol. The summed E-state index contributed by atoms with van der Waals surface area (Å²) >= 11 is 0. The summed E-state index contributed by atoms with van der Waals surface area (Å²) in [6, 6.07) is 8.97. The molecule has 2 aromatic rings. The number of amides is 2. The second-order valence-electron chi connectivity index (χ2n) is 6.37. The third-order valence-corrected chi connectivity index (χ3v) is 4.36. The van der Waals surface area contributed by atoms with Gasteiger partial charge in [-0.25, -0.2) is 8.42 Å². The molecule has 2 amide bonds. The van der Waals surface area contributed by atoms with Crippen LogP contribution < -0.4 is 20.7 Å². The van der Waals surface area contributed by atoms with Crippen molar-refractivity contribution >= 4 is 33.0 Å². The van der Waals surface area contributed by atoms with Crippen LogP contribution >= 0.6 is 0 Å². The van der Waals surface area contributed by atoms with Crippen molar-refractivity contribution in [1.82, 2.24) is 5.43 Å². The quantitative estimate of drug-likeness (QED) is 0.476. The molecule has 3 N–H and O–H groups in total. The maximum Gasteiger partial charge on any atom is 0.290 e. The number of nitrogens with one attached hydrogen (secondary N) is 3. The van der Waals surface area contributed by atoms with Crippen molar-refractivity contribution in [3.8, 4) is 0 Å². The molecular formula is C18H23N4O4S+. The Balaban J connectivity index is 1.93. The van der Waals surface area contributed by atoms with E-state index >= 15 is 0 Å². The van der Waals surface area contributed by atoms with Gasteiger partial charge in [0.15, 0.2) is 22.2 Å². The molecule has 1 heterocycles. The molecule has 1 aromatic carbocycles. The minimum absolute atomic E-state index is 0.160. The van der Waals surface area contributed by atoms with E-state index in [1.165, 1.54) is 0 Å². The molecule has 144 valence electrons. The highest BCUT2D eigenvalue weighted by Gasteiger charge is 2.12. The van der Waals surface area contributed by atoms with Gasteiger partial charge in [-0.2, -0.15) is 4.57 Å². The Labute approximate surface area is 158 Å². The molecule has 0 atom stereocenters. The van der Waals surface area contributed by atoms with Gasteiger partial charge in [-0.1, -0.05) is 0 Å². The number of aryl methyl sites for hydroxylation is 2. The molecule has 0 unspecified atom stereocenters. The number of hydrogen-bond donors (Lipinski definition) is 3. The minimum atomic E-state index is -3.39. The number of benzene rings is 1. The Morgan fingerprint density at radius 2 is 1.85 bits per heavy atom. The zero-order chi connectivity index (χ0) is 20.0. The molecule has 0 spiro atoms. The zero-order valence-electron chi connectivity index (χ0n) is 15.4. The lowest BCUT2D eigenvalue weighted by Gasteiger charge is -2.12. The molecule has 1 aromatic heterocycles. The molecular weight excluding hydrogens is 368 g/mol. The third kappa shape index (κ3) is 7.06. The summed E-state index contributed by atoms with van der Waals surface area (Å²) < 4.78 is 24.0. The maximum absolute atomic E-state index is 12.2. The number of carbonyl (C=O) groups is 2. The molecule has 0 aliphatic heterocycles. The van der Waals surface area contributed by atoms with E-state index in [-0.39, 0.29) is 12.5 Å². The van der Waals surface area contributed by atoms with Crippen LogP contribution in [0.1, 0.15) is 11.1 Å². The number of rotatable bonds is 7. The second-order valence-corrected chi connectivity index (χ2v) is 8.51. The summed E-state index contributed by atoms with van der Waals surface area (Å²) in [5.41, 5.74) is 8.08. The van der Waals surface area contributed by atoms with Gasteiger partial charge in [-0.3, -0.25) is 20.4 Å². The van der Waals surface area contributed by atoms with E-state index in [9.17, 15) is 18.0 Å². The van der Waals surface area contributed by atoms with Gasteiger partial charge in [0.25, 0.3) is 11.8 Å². The van der Waals surface area contributed by atoms with Crippen LogP contribution in [0.3, 0.4) is 0 Å². The van der Waals surface area contributed by atoms with E-state index in [0.29, 0.717) is 11.4 Å². The molecule has 0 radical (unpaired) electrons. The molecule has 0 bridgehead atoms. The predicted molar refractivity (Wildman–Crippen MR) is 103 cm³/mol. The number of sulfone groups is 1. The minimum Gasteiger partial charge on any atom is -0.321 e. The number of hydrazine groups is 1. The van der Waals surface area contributed by atoms with Gasteiger partial charge in [0, 0.05) is 23.6 Å². The molecule has 8 nitrogen and oxygen atoms in total. The fraction of sp³-hybridized carbons (Fsp3) is 0.278. The van der Waals surface area contributed by atoms with Crippen LogP contribution in [0, 0.1) is 13.8 Å². The summed E-state index contributed by atoms with van der Waals surface area (Å²) in [6.45, 7) is 3.95. The molecule has 0 aliphatic carbocycles. The lowest BCUT2D eigenvalue weighted by atomic mass is 10.2. The van der Waals surface area contributed by atoms with E-state index in [4.69, 9.17) is 0 Å². The van der Waals surface area contributed by atoms with Crippen LogP contribution in [0.2, 0.25) is 0 Å². The number of carbonyl (C=O) groups excluding carboxylic acids is 2. The standard InChI is InChI=1S/C18H22N4O4S/c1-13-5-4-8-22(10-13)11-17(23)19-15-6-7-16(14(2)9-15)20-21-18(24)12-27(3,25)26/h4-10,20H,11-12H2,1-3H3,(H-,19,21,23,24)/p+1. The van der Waals surface area contributed by atoms with Crippen LogP contribution in [0.25, 0.3) is 0 Å². The summed E-state index contributed by atoms with van der Waals surface area (Å²) in [7, 11) is -3.39. The van der Waals surface area contributed by atoms with Crippen LogP contribution in [0.15, 0.2) is 42.7 Å². The first-order valence-electron chi connectivity index (χ1n) is 8.21. The average Bonchev–Trinajstić information content (AvgIpc) is 2.52. The third-order valence-electron chi connectivity index (χ3n) is 3.57. The Hall–Kier alpha value is -2.94. The van der Waals surface area contributed by atoms with Gasteiger partial charge >= 0.3 is 0 Å². The Kier molecular flexibility index (Phi) is 6.51. The molecule has 27 heavy (non-hydrogen) atoms. The molecule has 0 fully saturated rings. The first kappa shape index (κ1) is 20.4. The first-order chi connectivity index (χ1) is 12.6. The molecule has 2 rings (SSSR count). The highest BCUT2D eigenvalue weighted by molar-refractivity contribution is 7.91. The monoisotopic (exact) mass is 391 g/mol. The van der Waals surface area contributed by atoms with E-state index in [2.05, 4.69) is 16.2 Å². The molecule has 0 saturated heterocycles. The van der Waals surface area contributed by atoms with Gasteiger partial charge in [0.2, 0.25) is 6.54 Å². The number of anilines is 2. The SMILES string of the molecule is Cc1ccc[n+](CC(=O)Nc2ccc(NNC(=O)CS(C)(=O)=O)c(C)c2)c1. The highest BCUT2D eigenvalue weighted by Crippen LogP contribution is 2.19. The first-order valence-corrected chi connectivity index (χ1v) is 10.3. The number of pyridine rings is 1. The topological polar surface area (TPSA) is 108 Å². The predicted octanol–water partition coefficient (Wildman–Crippen LogP) is 0.717. The van der Waals surface area contributed by atoms with E-state index in [1.54, 1.807) is 29.7 Å². The van der Waals surface area contributed by atoms with Crippen LogP contribution in [-0.2, 0) is 26.0 Å². The maximum atomic E-state index is 12.2. The smallest absolute Gasteiger partial charge is 0.290 e. The highest BCUT2D eigenvalue weighted by atomic mass is 32.2. The van der Waals surface area contributed by atoms with Gasteiger partial charge in [-0.05, 0) is 43.7 Å². The molecule has 0 saturated carbocycles. The van der Waals surface area contributed by atoms with Crippen LogP contribution in [-0.4, -0.2) is 32.2 Å². The number of aromatic nitrogens is 1. The van der Waals surface area contributed by atoms with E-state index in [0.717, 1.165) is 17.4 Å². The van der Waals surface area contributed by atoms with Gasteiger partial charge in [0.05, 0.1) is 5.69 Å². The fourth-order valence-corrected chi connectivity index (χ4v) is 2.96. The Morgan fingerprint density at radius 3 is 2.48 bits per heavy atom. The Bertz CT molecular complexity index is 958. The van der Waals surface area contributed by atoms with E-state index < -0.39 is 21.5 Å². The van der Waals surface area contributed by atoms with Crippen molar-refractivity contribution in [3.05, 3.63) is 53.9 Å². The molecule has 0 aliphatic rings. The van der Waals surface area contributed by atoms with Crippen molar-refractivity contribution in [2.75, 3.05) is 22.8 Å². The lowest BCUT2D eigenvalue weighted by molar-refractivity contribution is -0.684. The van der Waals surface area contributed by atoms with Crippen LogP contribution in [0.4, 0.5) is 11.4 Å². The normalized spacial score (nSPS) is 10.9. The summed E-state index contributed by atoms with van der Waals surface area (Å²) in [6.07, 6.45) is 4.70. The fourth-order valence-electron chi connectivity index (χ4n) is 2.41.